The summed E-state index contributed by atoms with van der Waals surface area (Å²) in [7, 11) is 0. The Morgan fingerprint density at radius 1 is 1.38 bits per heavy atom. The maximum Gasteiger partial charge on any atom is 0.255 e. The zero-order valence-corrected chi connectivity index (χ0v) is 9.54. The second kappa shape index (κ2) is 4.76. The summed E-state index contributed by atoms with van der Waals surface area (Å²) in [5.41, 5.74) is 0. The Morgan fingerprint density at radius 2 is 1.94 bits per heavy atom. The van der Waals surface area contributed by atoms with Crippen LogP contribution in [0.4, 0.5) is 8.78 Å². The number of nitrogens with one attached hydrogen (secondary N) is 1. The smallest absolute Gasteiger partial charge is 0.255 e. The fourth-order valence-corrected chi connectivity index (χ4v) is 1.70. The van der Waals surface area contributed by atoms with E-state index in [-0.39, 0.29) is 11.8 Å². The summed E-state index contributed by atoms with van der Waals surface area (Å²) in [6.07, 6.45) is -2.62. The van der Waals surface area contributed by atoms with Crippen molar-refractivity contribution in [3.8, 4) is 0 Å². The standard InChI is InChI=1S/C10H16F2N2O2/c1-5(2)8-10(16)14(4-7(11)12)6(3)9(15)13-8/h5-8H,4H2,1-3H3,(H,13,15). The van der Waals surface area contributed by atoms with Crippen molar-refractivity contribution in [1.29, 1.82) is 0 Å². The highest BCUT2D eigenvalue weighted by Crippen LogP contribution is 2.16. The van der Waals surface area contributed by atoms with Crippen LogP contribution in [0.3, 0.4) is 0 Å². The molecule has 2 unspecified atom stereocenters. The second-order valence-corrected chi connectivity index (χ2v) is 4.29. The summed E-state index contributed by atoms with van der Waals surface area (Å²) < 4.78 is 24.6. The number of amides is 2. The number of hydrogen-bond acceptors (Lipinski definition) is 2. The molecule has 0 bridgehead atoms. The molecule has 2 amide bonds. The van der Waals surface area contributed by atoms with Crippen molar-refractivity contribution in [1.82, 2.24) is 10.2 Å². The molecule has 0 aromatic heterocycles. The minimum Gasteiger partial charge on any atom is -0.342 e. The van der Waals surface area contributed by atoms with E-state index >= 15 is 0 Å². The molecule has 0 radical (unpaired) electrons. The van der Waals surface area contributed by atoms with Crippen LogP contribution in [0.5, 0.6) is 0 Å². The molecule has 0 aromatic carbocycles. The zero-order valence-electron chi connectivity index (χ0n) is 9.54. The molecule has 1 aliphatic heterocycles. The third-order valence-corrected chi connectivity index (χ3v) is 2.70. The minimum absolute atomic E-state index is 0.107. The van der Waals surface area contributed by atoms with E-state index in [9.17, 15) is 18.4 Å². The van der Waals surface area contributed by atoms with Crippen LogP contribution in [-0.4, -0.2) is 41.8 Å². The van der Waals surface area contributed by atoms with Crippen LogP contribution in [0.15, 0.2) is 0 Å². The quantitative estimate of drug-likeness (QED) is 0.778. The van der Waals surface area contributed by atoms with Gasteiger partial charge in [0.05, 0.1) is 6.54 Å². The Bertz CT molecular complexity index is 295. The summed E-state index contributed by atoms with van der Waals surface area (Å²) >= 11 is 0. The van der Waals surface area contributed by atoms with Gasteiger partial charge in [0.15, 0.2) is 0 Å². The fraction of sp³-hybridized carbons (Fsp3) is 0.800. The first-order valence-corrected chi connectivity index (χ1v) is 5.23. The Balaban J connectivity index is 2.86. The monoisotopic (exact) mass is 234 g/mol. The van der Waals surface area contributed by atoms with Crippen LogP contribution in [0.1, 0.15) is 20.8 Å². The number of nitrogens with zero attached hydrogens (tertiary/aromatic N) is 1. The van der Waals surface area contributed by atoms with Gasteiger partial charge in [0.25, 0.3) is 6.43 Å². The topological polar surface area (TPSA) is 49.4 Å². The molecule has 0 aliphatic carbocycles. The van der Waals surface area contributed by atoms with Gasteiger partial charge in [-0.05, 0) is 12.8 Å². The normalized spacial score (nSPS) is 26.6. The first-order chi connectivity index (χ1) is 7.34. The SMILES string of the molecule is CC(C)C1NC(=O)C(C)N(CC(F)F)C1=O. The van der Waals surface area contributed by atoms with Crippen LogP contribution in [-0.2, 0) is 9.59 Å². The van der Waals surface area contributed by atoms with E-state index in [0.29, 0.717) is 0 Å². The van der Waals surface area contributed by atoms with Crippen LogP contribution >= 0.6 is 0 Å². The molecule has 4 nitrogen and oxygen atoms in total. The van der Waals surface area contributed by atoms with E-state index < -0.39 is 31.0 Å². The number of piperazine rings is 1. The molecular formula is C10H16F2N2O2. The average Bonchev–Trinajstić information content (AvgIpc) is 2.17. The van der Waals surface area contributed by atoms with Crippen LogP contribution < -0.4 is 5.32 Å². The lowest BCUT2D eigenvalue weighted by atomic mass is 9.98. The summed E-state index contributed by atoms with van der Waals surface area (Å²) in [4.78, 5) is 24.3. The van der Waals surface area contributed by atoms with Crippen LogP contribution in [0.25, 0.3) is 0 Å². The van der Waals surface area contributed by atoms with Crippen molar-refractivity contribution in [3.63, 3.8) is 0 Å². The van der Waals surface area contributed by atoms with Gasteiger partial charge in [0.1, 0.15) is 12.1 Å². The minimum atomic E-state index is -2.62. The molecule has 6 heteroatoms. The highest BCUT2D eigenvalue weighted by molar-refractivity contribution is 5.96. The van der Waals surface area contributed by atoms with Gasteiger partial charge >= 0.3 is 0 Å². The van der Waals surface area contributed by atoms with Gasteiger partial charge < -0.3 is 10.2 Å². The van der Waals surface area contributed by atoms with Crippen molar-refractivity contribution >= 4 is 11.8 Å². The summed E-state index contributed by atoms with van der Waals surface area (Å²) in [5.74, 6) is -0.912. The van der Waals surface area contributed by atoms with Gasteiger partial charge in [-0.25, -0.2) is 8.78 Å². The van der Waals surface area contributed by atoms with Gasteiger partial charge in [0.2, 0.25) is 11.8 Å². The summed E-state index contributed by atoms with van der Waals surface area (Å²) in [6.45, 7) is 4.29. The Hall–Kier alpha value is -1.20. The number of carbonyl (C=O) groups is 2. The molecule has 1 saturated heterocycles. The van der Waals surface area contributed by atoms with Gasteiger partial charge in [-0.1, -0.05) is 13.8 Å². The molecule has 16 heavy (non-hydrogen) atoms. The molecule has 0 aromatic rings. The molecule has 92 valence electrons. The van der Waals surface area contributed by atoms with Crippen molar-refractivity contribution < 1.29 is 18.4 Å². The third-order valence-electron chi connectivity index (χ3n) is 2.70. The number of carbonyl (C=O) groups excluding carboxylic acids is 2. The van der Waals surface area contributed by atoms with E-state index in [2.05, 4.69) is 5.32 Å². The van der Waals surface area contributed by atoms with E-state index in [4.69, 9.17) is 0 Å². The Labute approximate surface area is 93.0 Å². The molecule has 2 atom stereocenters. The number of rotatable bonds is 3. The first-order valence-electron chi connectivity index (χ1n) is 5.23. The molecular weight excluding hydrogens is 218 g/mol. The first kappa shape index (κ1) is 12.9. The Kier molecular flexibility index (Phi) is 3.83. The second-order valence-electron chi connectivity index (χ2n) is 4.29. The molecule has 1 N–H and O–H groups in total. The highest BCUT2D eigenvalue weighted by atomic mass is 19.3. The van der Waals surface area contributed by atoms with Crippen molar-refractivity contribution in [3.05, 3.63) is 0 Å². The van der Waals surface area contributed by atoms with E-state index in [1.54, 1.807) is 13.8 Å². The van der Waals surface area contributed by atoms with Gasteiger partial charge in [0, 0.05) is 0 Å². The Morgan fingerprint density at radius 3 is 2.38 bits per heavy atom. The molecule has 0 spiro atoms. The van der Waals surface area contributed by atoms with Gasteiger partial charge in [-0.15, -0.1) is 0 Å². The van der Waals surface area contributed by atoms with E-state index in [0.717, 1.165) is 4.90 Å². The highest BCUT2D eigenvalue weighted by Gasteiger charge is 2.40. The number of halogens is 2. The molecule has 1 heterocycles. The molecule has 0 saturated carbocycles. The third kappa shape index (κ3) is 2.48. The summed E-state index contributed by atoms with van der Waals surface area (Å²) in [6, 6.07) is -1.51. The lowest BCUT2D eigenvalue weighted by Crippen LogP contribution is -2.64. The zero-order chi connectivity index (χ0) is 12.5. The number of alkyl halides is 2. The van der Waals surface area contributed by atoms with Crippen molar-refractivity contribution in [2.24, 2.45) is 5.92 Å². The lowest BCUT2D eigenvalue weighted by molar-refractivity contribution is -0.151. The molecule has 1 rings (SSSR count). The average molecular weight is 234 g/mol. The molecule has 1 fully saturated rings. The van der Waals surface area contributed by atoms with E-state index in [1.165, 1.54) is 6.92 Å². The van der Waals surface area contributed by atoms with Crippen molar-refractivity contribution in [2.75, 3.05) is 6.54 Å². The predicted molar refractivity (Wildman–Crippen MR) is 53.9 cm³/mol. The summed E-state index contributed by atoms with van der Waals surface area (Å²) in [5, 5.41) is 2.54. The van der Waals surface area contributed by atoms with Crippen LogP contribution in [0, 0.1) is 5.92 Å². The maximum atomic E-state index is 12.3. The molecule has 1 aliphatic rings. The fourth-order valence-electron chi connectivity index (χ4n) is 1.70. The van der Waals surface area contributed by atoms with Gasteiger partial charge in [-0.3, -0.25) is 9.59 Å². The predicted octanol–water partition coefficient (Wildman–Crippen LogP) is 0.623. The van der Waals surface area contributed by atoms with Crippen molar-refractivity contribution in [2.45, 2.75) is 39.3 Å². The largest absolute Gasteiger partial charge is 0.342 e. The lowest BCUT2D eigenvalue weighted by Gasteiger charge is -2.38. The van der Waals surface area contributed by atoms with Crippen LogP contribution in [0.2, 0.25) is 0 Å². The van der Waals surface area contributed by atoms with Gasteiger partial charge in [-0.2, -0.15) is 0 Å². The maximum absolute atomic E-state index is 12.3. The number of hydrogen-bond donors (Lipinski definition) is 1. The van der Waals surface area contributed by atoms with E-state index in [1.807, 2.05) is 0 Å².